The average Bonchev–Trinajstić information content (AvgIpc) is 3.10. The van der Waals surface area contributed by atoms with Crippen LogP contribution in [-0.2, 0) is 0 Å². The third kappa shape index (κ3) is 4.00. The third-order valence-corrected chi connectivity index (χ3v) is 4.92. The lowest BCUT2D eigenvalue weighted by molar-refractivity contribution is 0.179. The highest BCUT2D eigenvalue weighted by Gasteiger charge is 2.25. The van der Waals surface area contributed by atoms with E-state index in [1.165, 1.54) is 12.8 Å². The summed E-state index contributed by atoms with van der Waals surface area (Å²) in [6, 6.07) is 0.0988. The van der Waals surface area contributed by atoms with Crippen molar-refractivity contribution in [3.8, 4) is 0 Å². The fourth-order valence-electron chi connectivity index (χ4n) is 3.52. The predicted molar refractivity (Wildman–Crippen MR) is 85.7 cm³/mol. The van der Waals surface area contributed by atoms with Gasteiger partial charge in [0.25, 0.3) is 0 Å². The summed E-state index contributed by atoms with van der Waals surface area (Å²) in [4.78, 5) is 21.7. The number of imidazole rings is 1. The zero-order valence-corrected chi connectivity index (χ0v) is 13.2. The molecule has 122 valence electrons. The van der Waals surface area contributed by atoms with Crippen LogP contribution in [0.25, 0.3) is 0 Å². The first-order valence-corrected chi connectivity index (χ1v) is 8.55. The molecule has 2 amide bonds. The molecule has 2 aliphatic heterocycles. The van der Waals surface area contributed by atoms with Crippen molar-refractivity contribution in [3.63, 3.8) is 0 Å². The Kier molecular flexibility index (Phi) is 5.32. The number of carbonyl (C=O) groups is 1. The van der Waals surface area contributed by atoms with Gasteiger partial charge in [0.15, 0.2) is 0 Å². The monoisotopic (exact) mass is 305 g/mol. The van der Waals surface area contributed by atoms with E-state index in [1.54, 1.807) is 6.20 Å². The van der Waals surface area contributed by atoms with Gasteiger partial charge in [-0.1, -0.05) is 0 Å². The molecule has 1 unspecified atom stereocenters. The number of aromatic amines is 1. The van der Waals surface area contributed by atoms with Crippen LogP contribution in [0, 0.1) is 5.92 Å². The lowest BCUT2D eigenvalue weighted by atomic mass is 9.96. The third-order valence-electron chi connectivity index (χ3n) is 4.92. The molecular formula is C16H27N5O. The minimum atomic E-state index is 0.0988. The second-order valence-electron chi connectivity index (χ2n) is 6.47. The van der Waals surface area contributed by atoms with E-state index in [9.17, 15) is 4.79 Å². The van der Waals surface area contributed by atoms with Gasteiger partial charge in [0, 0.05) is 37.9 Å². The van der Waals surface area contributed by atoms with Crippen LogP contribution in [0.4, 0.5) is 4.79 Å². The first kappa shape index (κ1) is 15.3. The van der Waals surface area contributed by atoms with Gasteiger partial charge in [0.05, 0.1) is 0 Å². The second kappa shape index (κ2) is 7.63. The molecule has 1 aromatic heterocycles. The van der Waals surface area contributed by atoms with E-state index in [0.717, 1.165) is 63.7 Å². The fourth-order valence-corrected chi connectivity index (χ4v) is 3.52. The molecule has 0 aromatic carbocycles. The summed E-state index contributed by atoms with van der Waals surface area (Å²) in [7, 11) is 0. The van der Waals surface area contributed by atoms with E-state index in [1.807, 2.05) is 11.1 Å². The van der Waals surface area contributed by atoms with Crippen LogP contribution < -0.4 is 10.6 Å². The van der Waals surface area contributed by atoms with Crippen molar-refractivity contribution in [2.45, 2.75) is 38.0 Å². The molecule has 2 fully saturated rings. The Hall–Kier alpha value is -1.56. The van der Waals surface area contributed by atoms with Gasteiger partial charge in [-0.25, -0.2) is 9.78 Å². The Morgan fingerprint density at radius 1 is 1.36 bits per heavy atom. The summed E-state index contributed by atoms with van der Waals surface area (Å²) in [6.45, 7) is 4.69. The highest BCUT2D eigenvalue weighted by Crippen LogP contribution is 2.25. The van der Waals surface area contributed by atoms with Gasteiger partial charge >= 0.3 is 6.03 Å². The van der Waals surface area contributed by atoms with Crippen molar-refractivity contribution in [3.05, 3.63) is 18.2 Å². The quantitative estimate of drug-likeness (QED) is 0.792. The molecule has 2 aliphatic rings. The molecule has 0 saturated carbocycles. The summed E-state index contributed by atoms with van der Waals surface area (Å²) in [5, 5.41) is 6.51. The molecule has 3 heterocycles. The number of piperidine rings is 2. The van der Waals surface area contributed by atoms with Crippen LogP contribution in [0.2, 0.25) is 0 Å². The lowest BCUT2D eigenvalue weighted by Crippen LogP contribution is -2.45. The van der Waals surface area contributed by atoms with Crippen molar-refractivity contribution in [2.75, 3.05) is 32.7 Å². The number of rotatable bonds is 4. The maximum Gasteiger partial charge on any atom is 0.317 e. The Balaban J connectivity index is 1.35. The van der Waals surface area contributed by atoms with Crippen molar-refractivity contribution >= 4 is 6.03 Å². The highest BCUT2D eigenvalue weighted by molar-refractivity contribution is 5.74. The molecule has 6 heteroatoms. The molecule has 0 aliphatic carbocycles. The molecule has 3 rings (SSSR count). The fraction of sp³-hybridized carbons (Fsp3) is 0.750. The molecular weight excluding hydrogens is 278 g/mol. The topological polar surface area (TPSA) is 73.1 Å². The summed E-state index contributed by atoms with van der Waals surface area (Å²) in [5.74, 6) is 2.25. The maximum absolute atomic E-state index is 12.2. The molecule has 0 bridgehead atoms. The summed E-state index contributed by atoms with van der Waals surface area (Å²) >= 11 is 0. The van der Waals surface area contributed by atoms with Gasteiger partial charge in [0.2, 0.25) is 0 Å². The zero-order valence-electron chi connectivity index (χ0n) is 13.2. The minimum Gasteiger partial charge on any atom is -0.348 e. The Morgan fingerprint density at radius 3 is 2.91 bits per heavy atom. The minimum absolute atomic E-state index is 0.0988. The number of amides is 2. The first-order chi connectivity index (χ1) is 10.8. The predicted octanol–water partition coefficient (Wildman–Crippen LogP) is 1.69. The van der Waals surface area contributed by atoms with Crippen molar-refractivity contribution in [1.82, 2.24) is 25.5 Å². The lowest BCUT2D eigenvalue weighted by Gasteiger charge is -2.31. The smallest absolute Gasteiger partial charge is 0.317 e. The number of H-pyrrole nitrogens is 1. The van der Waals surface area contributed by atoms with E-state index in [2.05, 4.69) is 20.6 Å². The molecule has 1 aromatic rings. The van der Waals surface area contributed by atoms with E-state index in [4.69, 9.17) is 0 Å². The zero-order chi connectivity index (χ0) is 15.2. The number of urea groups is 1. The van der Waals surface area contributed by atoms with Gasteiger partial charge < -0.3 is 20.5 Å². The van der Waals surface area contributed by atoms with Crippen molar-refractivity contribution < 1.29 is 4.79 Å². The maximum atomic E-state index is 12.2. The van der Waals surface area contributed by atoms with E-state index < -0.39 is 0 Å². The van der Waals surface area contributed by atoms with Gasteiger partial charge in [-0.2, -0.15) is 0 Å². The molecule has 1 atom stereocenters. The average molecular weight is 305 g/mol. The molecule has 3 N–H and O–H groups in total. The second-order valence-corrected chi connectivity index (χ2v) is 6.47. The molecule has 0 spiro atoms. The number of nitrogens with zero attached hydrogens (tertiary/aromatic N) is 2. The number of carbonyl (C=O) groups excluding carboxylic acids is 1. The van der Waals surface area contributed by atoms with Crippen LogP contribution in [0.15, 0.2) is 12.4 Å². The summed E-state index contributed by atoms with van der Waals surface area (Å²) in [5.41, 5.74) is 0. The van der Waals surface area contributed by atoms with Crippen LogP contribution in [0.3, 0.4) is 0 Å². The molecule has 2 saturated heterocycles. The number of aromatic nitrogens is 2. The Morgan fingerprint density at radius 2 is 2.23 bits per heavy atom. The Labute approximate surface area is 132 Å². The van der Waals surface area contributed by atoms with Gasteiger partial charge in [0.1, 0.15) is 5.82 Å². The standard InChI is InChI=1S/C16H27N5O/c22-16(20-7-3-13-2-1-6-17-12-13)21-10-4-14(5-11-21)15-18-8-9-19-15/h8-9,13-14,17H,1-7,10-12H2,(H,18,19)(H,20,22). The molecule has 0 radical (unpaired) electrons. The van der Waals surface area contributed by atoms with Gasteiger partial charge in [-0.3, -0.25) is 0 Å². The van der Waals surface area contributed by atoms with Crippen LogP contribution in [-0.4, -0.2) is 53.6 Å². The number of hydrogen-bond acceptors (Lipinski definition) is 3. The van der Waals surface area contributed by atoms with Crippen molar-refractivity contribution in [1.29, 1.82) is 0 Å². The molecule has 22 heavy (non-hydrogen) atoms. The highest BCUT2D eigenvalue weighted by atomic mass is 16.2. The van der Waals surface area contributed by atoms with Crippen molar-refractivity contribution in [2.24, 2.45) is 5.92 Å². The van der Waals surface area contributed by atoms with Gasteiger partial charge in [-0.15, -0.1) is 0 Å². The molecule has 6 nitrogen and oxygen atoms in total. The first-order valence-electron chi connectivity index (χ1n) is 8.55. The number of likely N-dealkylation sites (tertiary alicyclic amines) is 1. The van der Waals surface area contributed by atoms with Crippen LogP contribution in [0.5, 0.6) is 0 Å². The Bertz CT molecular complexity index is 447. The normalized spacial score (nSPS) is 23.5. The SMILES string of the molecule is O=C(NCCC1CCCNC1)N1CCC(c2ncc[nH]2)CC1. The summed E-state index contributed by atoms with van der Waals surface area (Å²) < 4.78 is 0. The van der Waals surface area contributed by atoms with Crippen LogP contribution in [0.1, 0.15) is 43.8 Å². The van der Waals surface area contributed by atoms with Crippen LogP contribution >= 0.6 is 0 Å². The summed E-state index contributed by atoms with van der Waals surface area (Å²) in [6.07, 6.45) is 9.29. The van der Waals surface area contributed by atoms with E-state index >= 15 is 0 Å². The number of nitrogens with one attached hydrogen (secondary N) is 3. The largest absolute Gasteiger partial charge is 0.348 e. The van der Waals surface area contributed by atoms with Gasteiger partial charge in [-0.05, 0) is 51.1 Å². The van der Waals surface area contributed by atoms with E-state index in [-0.39, 0.29) is 6.03 Å². The number of hydrogen-bond donors (Lipinski definition) is 3. The van der Waals surface area contributed by atoms with E-state index in [0.29, 0.717) is 5.92 Å².